The third-order valence-electron chi connectivity index (χ3n) is 5.70. The number of hydrogen-bond acceptors (Lipinski definition) is 6. The van der Waals surface area contributed by atoms with Crippen molar-refractivity contribution in [2.45, 2.75) is 44.6 Å². The highest BCUT2D eigenvalue weighted by Gasteiger charge is 2.28. The predicted octanol–water partition coefficient (Wildman–Crippen LogP) is -0.424. The van der Waals surface area contributed by atoms with Crippen LogP contribution in [0.2, 0.25) is 0 Å². The van der Waals surface area contributed by atoms with Crippen molar-refractivity contribution in [3.63, 3.8) is 0 Å². The lowest BCUT2D eigenvalue weighted by Crippen LogP contribution is -2.50. The van der Waals surface area contributed by atoms with E-state index < -0.39 is 5.97 Å². The molecule has 29 heavy (non-hydrogen) atoms. The molecule has 2 rings (SSSR count). The van der Waals surface area contributed by atoms with Gasteiger partial charge in [-0.25, -0.2) is 0 Å². The second-order valence-corrected chi connectivity index (χ2v) is 8.17. The summed E-state index contributed by atoms with van der Waals surface area (Å²) < 4.78 is 0. The third-order valence-corrected chi connectivity index (χ3v) is 5.70. The van der Waals surface area contributed by atoms with Crippen LogP contribution in [0.5, 0.6) is 0 Å². The summed E-state index contributed by atoms with van der Waals surface area (Å²) in [6.45, 7) is 7.74. The highest BCUT2D eigenvalue weighted by atomic mass is 16.4. The van der Waals surface area contributed by atoms with Crippen molar-refractivity contribution < 1.29 is 19.5 Å². The number of likely N-dealkylation sites (tertiary alicyclic amines) is 1. The Morgan fingerprint density at radius 2 is 1.59 bits per heavy atom. The second-order valence-electron chi connectivity index (χ2n) is 8.17. The van der Waals surface area contributed by atoms with Gasteiger partial charge in [-0.2, -0.15) is 0 Å². The van der Waals surface area contributed by atoms with Crippen LogP contribution in [0.25, 0.3) is 0 Å². The molecule has 166 valence electrons. The van der Waals surface area contributed by atoms with Gasteiger partial charge in [-0.15, -0.1) is 0 Å². The first-order valence-corrected chi connectivity index (χ1v) is 10.8. The summed E-state index contributed by atoms with van der Waals surface area (Å²) >= 11 is 0. The van der Waals surface area contributed by atoms with Crippen LogP contribution in [0.4, 0.5) is 0 Å². The maximum Gasteiger partial charge on any atom is 0.303 e. The van der Waals surface area contributed by atoms with E-state index >= 15 is 0 Å². The summed E-state index contributed by atoms with van der Waals surface area (Å²) in [6, 6.07) is 0.459. The molecule has 0 aromatic carbocycles. The van der Waals surface area contributed by atoms with Crippen molar-refractivity contribution in [2.24, 2.45) is 0 Å². The SMILES string of the molecule is CN1CC[15N]([13CH2][13CH]2[13CH2][13CH2][13CH2][15N]2[13CH2]C(=O)NCC[13CH2]C(=O)NCCCC(=O)O)[13CH2][13CH2]1. The number of piperazine rings is 1. The van der Waals surface area contributed by atoms with E-state index in [2.05, 4.69) is 32.4 Å². The Labute approximate surface area is 173 Å². The summed E-state index contributed by atoms with van der Waals surface area (Å²) in [4.78, 5) is 41.5. The van der Waals surface area contributed by atoms with Crippen LogP contribution >= 0.6 is 0 Å². The van der Waals surface area contributed by atoms with E-state index in [1.165, 1.54) is 0 Å². The predicted molar refractivity (Wildman–Crippen MR) is 111 cm³/mol. The molecule has 1 atom stereocenters. The van der Waals surface area contributed by atoms with Crippen LogP contribution < -0.4 is 10.6 Å². The fourth-order valence-corrected chi connectivity index (χ4v) is 3.91. The minimum absolute atomic E-state index is 0.0251. The van der Waals surface area contributed by atoms with E-state index in [0.29, 0.717) is 44.9 Å². The smallest absolute Gasteiger partial charge is 0.303 e. The van der Waals surface area contributed by atoms with Crippen molar-refractivity contribution in [3.8, 4) is 0 Å². The van der Waals surface area contributed by atoms with Gasteiger partial charge in [0, 0.05) is 64.7 Å². The molecule has 0 radical (unpaired) electrons. The Hall–Kier alpha value is -1.71. The largest absolute Gasteiger partial charge is 0.481 e. The topological polar surface area (TPSA) is 105 Å². The lowest BCUT2D eigenvalue weighted by molar-refractivity contribution is -0.137. The molecule has 0 bridgehead atoms. The van der Waals surface area contributed by atoms with Gasteiger partial charge in [-0.05, 0) is 39.3 Å². The van der Waals surface area contributed by atoms with Crippen LogP contribution in [-0.4, -0.2) is 110 Å². The first-order valence-electron chi connectivity index (χ1n) is 10.8. The maximum atomic E-state index is 12.3. The van der Waals surface area contributed by atoms with E-state index in [-0.39, 0.29) is 18.2 Å². The molecule has 3 N–H and O–H groups in total. The molecule has 0 aliphatic carbocycles. The Balaban J connectivity index is 1.55. The second kappa shape index (κ2) is 12.8. The lowest BCUT2D eigenvalue weighted by Gasteiger charge is -2.36. The zero-order valence-electron chi connectivity index (χ0n) is 17.7. The molecular weight excluding hydrogens is 385 g/mol. The van der Waals surface area contributed by atoms with Gasteiger partial charge in [0.25, 0.3) is 0 Å². The van der Waals surface area contributed by atoms with E-state index in [1.807, 2.05) is 0 Å². The van der Waals surface area contributed by atoms with Gasteiger partial charge in [0.05, 0.1) is 6.54 Å². The number of likely N-dealkylation sites (N-methyl/N-ethyl adjacent to an activating group) is 1. The lowest BCUT2D eigenvalue weighted by atomic mass is 10.3. The van der Waals surface area contributed by atoms with Gasteiger partial charge in [-0.3, -0.25) is 24.2 Å². The molecule has 2 aliphatic heterocycles. The highest BCUT2D eigenvalue weighted by molar-refractivity contribution is 5.78. The summed E-state index contributed by atoms with van der Waals surface area (Å²) in [5.74, 6) is -0.931. The summed E-state index contributed by atoms with van der Waals surface area (Å²) in [7, 11) is 2.16. The van der Waals surface area contributed by atoms with Crippen molar-refractivity contribution >= 4 is 17.8 Å². The molecule has 2 heterocycles. The standard InChI is InChI=1S/C20H37N5O4/c1-23-11-13-24(14-12-23)15-17-5-4-10-25(17)16-19(27)22-8-2-6-18(26)21-9-3-7-20(28)29/h17H,2-16H2,1H3,(H,21,26)(H,22,27)(H,28,29)/i4+1,5+1,6+1,10+1,11+1,13+1,15+1,16+1,17+1,24+1,25+1. The molecule has 0 saturated carbocycles. The summed E-state index contributed by atoms with van der Waals surface area (Å²) in [5.41, 5.74) is 0. The maximum absolute atomic E-state index is 12.3. The number of carboxylic acid groups (broad SMARTS) is 1. The van der Waals surface area contributed by atoms with Crippen LogP contribution in [0.15, 0.2) is 0 Å². The number of nitrogens with zero attached hydrogens (tertiary/aromatic N) is 3. The average Bonchev–Trinajstić information content (AvgIpc) is 3.10. The molecule has 2 saturated heterocycles. The van der Waals surface area contributed by atoms with Gasteiger partial charge >= 0.3 is 5.97 Å². The number of nitrogens with one attached hydrogen (secondary N) is 2. The summed E-state index contributed by atoms with van der Waals surface area (Å²) in [5, 5.41) is 14.2. The monoisotopic (exact) mass is 422 g/mol. The Bertz CT molecular complexity index is 537. The number of hydrogen-bond donors (Lipinski definition) is 3. The molecule has 0 aromatic heterocycles. The Morgan fingerprint density at radius 1 is 0.931 bits per heavy atom. The molecule has 0 spiro atoms. The van der Waals surface area contributed by atoms with Crippen LogP contribution in [0.3, 0.4) is 0 Å². The zero-order valence-corrected chi connectivity index (χ0v) is 17.7. The molecule has 9 heteroatoms. The minimum Gasteiger partial charge on any atom is -0.481 e. The first kappa shape index (κ1) is 23.6. The van der Waals surface area contributed by atoms with Crippen molar-refractivity contribution in [1.29, 1.82) is 0 Å². The number of aliphatic carboxylic acids is 1. The fourth-order valence-electron chi connectivity index (χ4n) is 3.91. The number of carbonyl (C=O) groups is 3. The zero-order chi connectivity index (χ0) is 21.1. The van der Waals surface area contributed by atoms with Gasteiger partial charge in [0.1, 0.15) is 0 Å². The normalized spacial score (nSPS) is 21.2. The van der Waals surface area contributed by atoms with Crippen LogP contribution in [-0.2, 0) is 14.4 Å². The van der Waals surface area contributed by atoms with Crippen molar-refractivity contribution in [1.82, 2.24) is 25.3 Å². The van der Waals surface area contributed by atoms with Gasteiger partial charge in [-0.1, -0.05) is 0 Å². The number of carboxylic acids is 1. The van der Waals surface area contributed by atoms with E-state index in [9.17, 15) is 14.4 Å². The number of carbonyl (C=O) groups excluding carboxylic acids is 2. The Morgan fingerprint density at radius 3 is 2.28 bits per heavy atom. The quantitative estimate of drug-likeness (QED) is 0.223. The average molecular weight is 422 g/mol. The first-order chi connectivity index (χ1) is 13.9. The number of rotatable bonds is 12. The van der Waals surface area contributed by atoms with E-state index in [0.717, 1.165) is 52.1 Å². The third kappa shape index (κ3) is 9.56. The Kier molecular flexibility index (Phi) is 10.4. The summed E-state index contributed by atoms with van der Waals surface area (Å²) in [6.07, 6.45) is 3.71. The van der Waals surface area contributed by atoms with Gasteiger partial charge in [0.15, 0.2) is 0 Å². The molecule has 2 aliphatic rings. The fraction of sp³-hybridized carbons (Fsp3) is 0.850. The van der Waals surface area contributed by atoms with Crippen molar-refractivity contribution in [2.75, 3.05) is 66.0 Å². The highest BCUT2D eigenvalue weighted by Crippen LogP contribution is 2.18. The number of amides is 2. The molecule has 2 amide bonds. The molecule has 9 nitrogen and oxygen atoms in total. The van der Waals surface area contributed by atoms with Crippen LogP contribution in [0, 0.1) is 0 Å². The van der Waals surface area contributed by atoms with E-state index in [4.69, 9.17) is 5.11 Å². The van der Waals surface area contributed by atoms with Gasteiger partial charge < -0.3 is 20.6 Å². The van der Waals surface area contributed by atoms with E-state index in [1.54, 1.807) is 0 Å². The van der Waals surface area contributed by atoms with Crippen LogP contribution in [0.1, 0.15) is 38.5 Å². The molecule has 1 unspecified atom stereocenters. The van der Waals surface area contributed by atoms with Gasteiger partial charge in [0.2, 0.25) is 11.8 Å². The van der Waals surface area contributed by atoms with Crippen molar-refractivity contribution in [3.05, 3.63) is 0 Å². The molecular formula is C20H37N5O4. The minimum atomic E-state index is -0.856. The molecule has 2 fully saturated rings. The molecule has 0 aromatic rings.